The lowest BCUT2D eigenvalue weighted by Crippen LogP contribution is -2.28. The number of thiazole rings is 1. The maximum atomic E-state index is 11.6. The molecule has 0 aliphatic carbocycles. The summed E-state index contributed by atoms with van der Waals surface area (Å²) in [6.07, 6.45) is 4.42. The van der Waals surface area contributed by atoms with Crippen LogP contribution in [0.25, 0.3) is 0 Å². The van der Waals surface area contributed by atoms with Crippen LogP contribution in [-0.4, -0.2) is 30.5 Å². The molecule has 1 aliphatic heterocycles. The van der Waals surface area contributed by atoms with Crippen molar-refractivity contribution < 1.29 is 4.79 Å². The number of nitrogens with one attached hydrogen (secondary N) is 2. The summed E-state index contributed by atoms with van der Waals surface area (Å²) in [7, 11) is 0. The average Bonchev–Trinajstić information content (AvgIpc) is 2.90. The average molecular weight is 312 g/mol. The summed E-state index contributed by atoms with van der Waals surface area (Å²) >= 11 is 1.64. The quantitative estimate of drug-likeness (QED) is 0.869. The Morgan fingerprint density at radius 2 is 2.39 bits per heavy atom. The first-order chi connectivity index (χ1) is 7.84. The van der Waals surface area contributed by atoms with Gasteiger partial charge in [-0.1, -0.05) is 0 Å². The van der Waals surface area contributed by atoms with E-state index in [9.17, 15) is 4.79 Å². The van der Waals surface area contributed by atoms with Gasteiger partial charge in [0.1, 0.15) is 0 Å². The van der Waals surface area contributed by atoms with Crippen LogP contribution in [0.2, 0.25) is 0 Å². The van der Waals surface area contributed by atoms with Crippen LogP contribution in [0.3, 0.4) is 0 Å². The highest BCUT2D eigenvalue weighted by molar-refractivity contribution is 7.09. The molecule has 2 rings (SSSR count). The molecule has 1 fully saturated rings. The third kappa shape index (κ3) is 6.00. The molecular weight excluding hydrogens is 293 g/mol. The van der Waals surface area contributed by atoms with Gasteiger partial charge in [-0.25, -0.2) is 4.98 Å². The van der Waals surface area contributed by atoms with Crippen molar-refractivity contribution in [3.05, 3.63) is 16.6 Å². The van der Waals surface area contributed by atoms with Crippen LogP contribution in [0, 0.1) is 5.92 Å². The van der Waals surface area contributed by atoms with Crippen molar-refractivity contribution in [3.8, 4) is 0 Å². The number of hydrogen-bond donors (Lipinski definition) is 2. The second-order valence-corrected chi connectivity index (χ2v) is 5.07. The molecule has 1 aliphatic rings. The molecule has 1 atom stereocenters. The second-order valence-electron chi connectivity index (χ2n) is 4.09. The maximum Gasteiger partial charge on any atom is 0.220 e. The molecule has 0 aromatic carbocycles. The molecule has 0 radical (unpaired) electrons. The standard InChI is InChI=1S/C11H17N3OS.2ClH/c15-10(7-9-1-3-12-8-9)13-4-2-11-14-5-6-16-11;;/h5-6,9,12H,1-4,7-8H2,(H,13,15);2*1H. The molecular formula is C11H19Cl2N3OS. The lowest BCUT2D eigenvalue weighted by molar-refractivity contribution is -0.121. The number of amides is 1. The molecule has 0 bridgehead atoms. The van der Waals surface area contributed by atoms with E-state index in [1.807, 2.05) is 5.38 Å². The highest BCUT2D eigenvalue weighted by Gasteiger charge is 2.17. The SMILES string of the molecule is Cl.Cl.O=C(CC1CCNC1)NCCc1nccs1. The van der Waals surface area contributed by atoms with Gasteiger partial charge >= 0.3 is 0 Å². The summed E-state index contributed by atoms with van der Waals surface area (Å²) in [6.45, 7) is 2.74. The molecule has 1 amide bonds. The summed E-state index contributed by atoms with van der Waals surface area (Å²) in [6, 6.07) is 0. The van der Waals surface area contributed by atoms with Crippen molar-refractivity contribution in [2.45, 2.75) is 19.3 Å². The van der Waals surface area contributed by atoms with Crippen LogP contribution in [0.4, 0.5) is 0 Å². The third-order valence-corrected chi connectivity index (χ3v) is 3.62. The highest BCUT2D eigenvalue weighted by atomic mass is 35.5. The van der Waals surface area contributed by atoms with E-state index >= 15 is 0 Å². The van der Waals surface area contributed by atoms with Gasteiger partial charge in [0, 0.05) is 31.0 Å². The fraction of sp³-hybridized carbons (Fsp3) is 0.636. The monoisotopic (exact) mass is 311 g/mol. The number of aromatic nitrogens is 1. The van der Waals surface area contributed by atoms with E-state index in [1.54, 1.807) is 17.5 Å². The molecule has 2 heterocycles. The summed E-state index contributed by atoms with van der Waals surface area (Å²) in [5.41, 5.74) is 0. The minimum absolute atomic E-state index is 0. The normalized spacial score (nSPS) is 17.7. The third-order valence-electron chi connectivity index (χ3n) is 2.78. The second kappa shape index (κ2) is 9.55. The summed E-state index contributed by atoms with van der Waals surface area (Å²) in [5.74, 6) is 0.699. The fourth-order valence-corrected chi connectivity index (χ4v) is 2.53. The molecule has 0 spiro atoms. The summed E-state index contributed by atoms with van der Waals surface area (Å²) < 4.78 is 0. The Balaban J connectivity index is 0.00000144. The molecule has 7 heteroatoms. The molecule has 104 valence electrons. The zero-order valence-electron chi connectivity index (χ0n) is 10.1. The molecule has 18 heavy (non-hydrogen) atoms. The molecule has 1 aromatic heterocycles. The number of nitrogens with zero attached hydrogens (tertiary/aromatic N) is 1. The predicted octanol–water partition coefficient (Wildman–Crippen LogP) is 1.64. The minimum Gasteiger partial charge on any atom is -0.356 e. The van der Waals surface area contributed by atoms with Crippen molar-refractivity contribution in [2.75, 3.05) is 19.6 Å². The zero-order chi connectivity index (χ0) is 11.2. The summed E-state index contributed by atoms with van der Waals surface area (Å²) in [4.78, 5) is 15.7. The Morgan fingerprint density at radius 3 is 3.00 bits per heavy atom. The van der Waals surface area contributed by atoms with E-state index in [2.05, 4.69) is 15.6 Å². The Labute approximate surface area is 124 Å². The van der Waals surface area contributed by atoms with Crippen molar-refractivity contribution in [1.29, 1.82) is 0 Å². The first-order valence-corrected chi connectivity index (χ1v) is 6.58. The molecule has 2 N–H and O–H groups in total. The van der Waals surface area contributed by atoms with Gasteiger partial charge in [-0.15, -0.1) is 36.2 Å². The highest BCUT2D eigenvalue weighted by Crippen LogP contribution is 2.11. The number of carbonyl (C=O) groups excluding carboxylic acids is 1. The lowest BCUT2D eigenvalue weighted by Gasteiger charge is -2.08. The van der Waals surface area contributed by atoms with Gasteiger partial charge in [0.15, 0.2) is 0 Å². The van der Waals surface area contributed by atoms with Crippen LogP contribution in [0.1, 0.15) is 17.8 Å². The van der Waals surface area contributed by atoms with Gasteiger partial charge in [-0.3, -0.25) is 4.79 Å². The molecule has 1 saturated heterocycles. The van der Waals surface area contributed by atoms with Crippen LogP contribution in [0.5, 0.6) is 0 Å². The number of rotatable bonds is 5. The van der Waals surface area contributed by atoms with E-state index in [-0.39, 0.29) is 30.7 Å². The van der Waals surface area contributed by atoms with Gasteiger partial charge in [0.25, 0.3) is 0 Å². The van der Waals surface area contributed by atoms with E-state index in [1.165, 1.54) is 0 Å². The van der Waals surface area contributed by atoms with Crippen molar-refractivity contribution in [2.24, 2.45) is 5.92 Å². The number of halogens is 2. The van der Waals surface area contributed by atoms with Crippen LogP contribution in [0.15, 0.2) is 11.6 Å². The van der Waals surface area contributed by atoms with E-state index in [0.717, 1.165) is 30.9 Å². The molecule has 1 aromatic rings. The Kier molecular flexibility index (Phi) is 9.36. The summed E-state index contributed by atoms with van der Waals surface area (Å²) in [5, 5.41) is 9.26. The van der Waals surface area contributed by atoms with Crippen molar-refractivity contribution in [3.63, 3.8) is 0 Å². The maximum absolute atomic E-state index is 11.6. The molecule has 0 saturated carbocycles. The Morgan fingerprint density at radius 1 is 1.56 bits per heavy atom. The van der Waals surface area contributed by atoms with E-state index in [0.29, 0.717) is 18.9 Å². The minimum atomic E-state index is 0. The fourth-order valence-electron chi connectivity index (χ4n) is 1.91. The van der Waals surface area contributed by atoms with Gasteiger partial charge in [-0.2, -0.15) is 0 Å². The van der Waals surface area contributed by atoms with E-state index < -0.39 is 0 Å². The van der Waals surface area contributed by atoms with Gasteiger partial charge < -0.3 is 10.6 Å². The number of hydrogen-bond acceptors (Lipinski definition) is 4. The smallest absolute Gasteiger partial charge is 0.220 e. The van der Waals surface area contributed by atoms with Crippen molar-refractivity contribution >= 4 is 42.1 Å². The first kappa shape index (κ1) is 17.6. The Hall–Kier alpha value is -0.360. The topological polar surface area (TPSA) is 54.0 Å². The van der Waals surface area contributed by atoms with E-state index in [4.69, 9.17) is 0 Å². The van der Waals surface area contributed by atoms with Gasteiger partial charge in [0.2, 0.25) is 5.91 Å². The van der Waals surface area contributed by atoms with Crippen LogP contribution >= 0.6 is 36.2 Å². The van der Waals surface area contributed by atoms with Crippen molar-refractivity contribution in [1.82, 2.24) is 15.6 Å². The van der Waals surface area contributed by atoms with Crippen LogP contribution in [-0.2, 0) is 11.2 Å². The van der Waals surface area contributed by atoms with Crippen LogP contribution < -0.4 is 10.6 Å². The van der Waals surface area contributed by atoms with Gasteiger partial charge in [0.05, 0.1) is 5.01 Å². The predicted molar refractivity (Wildman–Crippen MR) is 78.9 cm³/mol. The van der Waals surface area contributed by atoms with Gasteiger partial charge in [-0.05, 0) is 25.4 Å². The lowest BCUT2D eigenvalue weighted by atomic mass is 10.0. The molecule has 1 unspecified atom stereocenters. The first-order valence-electron chi connectivity index (χ1n) is 5.70. The Bertz CT molecular complexity index is 329. The number of carbonyl (C=O) groups is 1. The largest absolute Gasteiger partial charge is 0.356 e. The zero-order valence-corrected chi connectivity index (χ0v) is 12.5. The molecule has 4 nitrogen and oxygen atoms in total.